The van der Waals surface area contributed by atoms with Crippen molar-refractivity contribution in [3.63, 3.8) is 0 Å². The van der Waals surface area contributed by atoms with Crippen molar-refractivity contribution in [2.75, 3.05) is 18.4 Å². The van der Waals surface area contributed by atoms with Crippen molar-refractivity contribution in [3.05, 3.63) is 114 Å². The summed E-state index contributed by atoms with van der Waals surface area (Å²) in [5.74, 6) is 0.120. The third-order valence-corrected chi connectivity index (χ3v) is 7.02. The first-order valence-electron chi connectivity index (χ1n) is 12.4. The normalized spacial score (nSPS) is 11.1. The number of rotatable bonds is 11. The van der Waals surface area contributed by atoms with E-state index in [2.05, 4.69) is 15.2 Å². The highest BCUT2D eigenvalue weighted by Gasteiger charge is 2.15. The number of ether oxygens (including phenoxy) is 3. The Morgan fingerprint density at radius 3 is 2.20 bits per heavy atom. The van der Waals surface area contributed by atoms with Gasteiger partial charge in [-0.1, -0.05) is 18.2 Å². The van der Waals surface area contributed by atoms with Gasteiger partial charge in [0.25, 0.3) is 15.9 Å². The van der Waals surface area contributed by atoms with Crippen molar-refractivity contribution >= 4 is 33.8 Å². The number of sulfonamides is 1. The third kappa shape index (κ3) is 7.70. The summed E-state index contributed by atoms with van der Waals surface area (Å²) in [7, 11) is -2.30. The van der Waals surface area contributed by atoms with Gasteiger partial charge in [0.2, 0.25) is 0 Å². The molecule has 0 atom stereocenters. The van der Waals surface area contributed by atoms with E-state index < -0.39 is 21.9 Å². The number of methoxy groups -OCH3 is 1. The summed E-state index contributed by atoms with van der Waals surface area (Å²) in [6.07, 6.45) is 1.40. The molecule has 41 heavy (non-hydrogen) atoms. The minimum atomic E-state index is -3.74. The van der Waals surface area contributed by atoms with Gasteiger partial charge in [-0.3, -0.25) is 9.52 Å². The van der Waals surface area contributed by atoms with Gasteiger partial charge in [0, 0.05) is 11.3 Å². The highest BCUT2D eigenvalue weighted by molar-refractivity contribution is 7.92. The fourth-order valence-corrected chi connectivity index (χ4v) is 4.67. The SMILES string of the molecule is CCOc1ccc(C(=O)Oc2ccc(C=NNC(=O)c3ccc(NS(=O)(=O)c4ccccc4)cc3)cc2OC)cc1. The lowest BCUT2D eigenvalue weighted by Crippen LogP contribution is -2.18. The molecule has 0 aliphatic rings. The molecule has 0 aliphatic carbocycles. The monoisotopic (exact) mass is 573 g/mol. The van der Waals surface area contributed by atoms with E-state index in [1.54, 1.807) is 60.7 Å². The van der Waals surface area contributed by atoms with Crippen LogP contribution in [0.25, 0.3) is 0 Å². The molecule has 0 heterocycles. The lowest BCUT2D eigenvalue weighted by Gasteiger charge is -2.10. The number of nitrogens with zero attached hydrogens (tertiary/aromatic N) is 1. The van der Waals surface area contributed by atoms with Gasteiger partial charge in [-0.05, 0) is 91.3 Å². The summed E-state index contributed by atoms with van der Waals surface area (Å²) in [6.45, 7) is 2.40. The summed E-state index contributed by atoms with van der Waals surface area (Å²) in [4.78, 5) is 25.2. The number of hydrogen-bond acceptors (Lipinski definition) is 8. The Kier molecular flexibility index (Phi) is 9.33. The Morgan fingerprint density at radius 2 is 1.54 bits per heavy atom. The molecule has 0 fully saturated rings. The quantitative estimate of drug-likeness (QED) is 0.113. The third-order valence-electron chi connectivity index (χ3n) is 5.62. The molecule has 0 spiro atoms. The minimum absolute atomic E-state index is 0.131. The van der Waals surface area contributed by atoms with Crippen molar-refractivity contribution in [1.82, 2.24) is 5.43 Å². The molecule has 0 bridgehead atoms. The maximum absolute atomic E-state index is 12.5. The summed E-state index contributed by atoms with van der Waals surface area (Å²) in [5.41, 5.74) is 3.93. The van der Waals surface area contributed by atoms with Crippen LogP contribution in [0.1, 0.15) is 33.2 Å². The van der Waals surface area contributed by atoms with Crippen LogP contribution in [0.4, 0.5) is 5.69 Å². The average Bonchev–Trinajstić information content (AvgIpc) is 2.99. The van der Waals surface area contributed by atoms with Crippen LogP contribution in [0.5, 0.6) is 17.2 Å². The molecule has 4 rings (SSSR count). The zero-order valence-electron chi connectivity index (χ0n) is 22.2. The zero-order valence-corrected chi connectivity index (χ0v) is 23.1. The Balaban J connectivity index is 1.34. The van der Waals surface area contributed by atoms with Gasteiger partial charge in [-0.25, -0.2) is 18.6 Å². The molecule has 2 N–H and O–H groups in total. The second kappa shape index (κ2) is 13.3. The van der Waals surface area contributed by atoms with Crippen LogP contribution < -0.4 is 24.4 Å². The first-order valence-corrected chi connectivity index (χ1v) is 13.9. The maximum atomic E-state index is 12.5. The first-order chi connectivity index (χ1) is 19.8. The standard InChI is InChI=1S/C30H27N3O7S/c1-3-39-25-16-12-23(13-17-25)30(35)40-27-18-9-21(19-28(27)38-2)20-31-32-29(34)22-10-14-24(15-11-22)33-41(36,37)26-7-5-4-6-8-26/h4-20,33H,3H2,1-2H3,(H,32,34). The Morgan fingerprint density at radius 1 is 0.854 bits per heavy atom. The van der Waals surface area contributed by atoms with Crippen LogP contribution in [0, 0.1) is 0 Å². The fourth-order valence-electron chi connectivity index (χ4n) is 3.59. The molecule has 10 nitrogen and oxygen atoms in total. The second-order valence-electron chi connectivity index (χ2n) is 8.45. The van der Waals surface area contributed by atoms with Crippen molar-refractivity contribution < 1.29 is 32.2 Å². The molecule has 0 saturated heterocycles. The number of amides is 1. The number of esters is 1. The molecule has 1 amide bonds. The lowest BCUT2D eigenvalue weighted by molar-refractivity contribution is 0.0729. The van der Waals surface area contributed by atoms with E-state index in [1.807, 2.05) is 6.92 Å². The van der Waals surface area contributed by atoms with Crippen LogP contribution in [-0.4, -0.2) is 40.2 Å². The van der Waals surface area contributed by atoms with E-state index in [0.29, 0.717) is 34.9 Å². The van der Waals surface area contributed by atoms with E-state index in [1.165, 1.54) is 49.7 Å². The number of anilines is 1. The number of carbonyl (C=O) groups is 2. The van der Waals surface area contributed by atoms with Crippen LogP contribution in [0.15, 0.2) is 107 Å². The predicted octanol–water partition coefficient (Wildman–Crippen LogP) is 4.88. The molecule has 0 aliphatic heterocycles. The van der Waals surface area contributed by atoms with E-state index >= 15 is 0 Å². The Hall–Kier alpha value is -5.16. The van der Waals surface area contributed by atoms with Gasteiger partial charge < -0.3 is 14.2 Å². The molecule has 210 valence electrons. The molecular weight excluding hydrogens is 546 g/mol. The topological polar surface area (TPSA) is 132 Å². The second-order valence-corrected chi connectivity index (χ2v) is 10.1. The van der Waals surface area contributed by atoms with Gasteiger partial charge in [-0.15, -0.1) is 0 Å². The average molecular weight is 574 g/mol. The van der Waals surface area contributed by atoms with Crippen LogP contribution in [0.2, 0.25) is 0 Å². The zero-order chi connectivity index (χ0) is 29.2. The maximum Gasteiger partial charge on any atom is 0.343 e. The summed E-state index contributed by atoms with van der Waals surface area (Å²) in [5, 5.41) is 3.97. The van der Waals surface area contributed by atoms with E-state index in [-0.39, 0.29) is 16.2 Å². The van der Waals surface area contributed by atoms with E-state index in [4.69, 9.17) is 14.2 Å². The largest absolute Gasteiger partial charge is 0.494 e. The molecular formula is C30H27N3O7S. The van der Waals surface area contributed by atoms with Crippen molar-refractivity contribution in [3.8, 4) is 17.2 Å². The smallest absolute Gasteiger partial charge is 0.343 e. The number of nitrogens with one attached hydrogen (secondary N) is 2. The van der Waals surface area contributed by atoms with Crippen molar-refractivity contribution in [2.45, 2.75) is 11.8 Å². The van der Waals surface area contributed by atoms with Crippen molar-refractivity contribution in [1.29, 1.82) is 0 Å². The molecule has 4 aromatic carbocycles. The van der Waals surface area contributed by atoms with Crippen LogP contribution in [-0.2, 0) is 10.0 Å². The number of benzene rings is 4. The number of carbonyl (C=O) groups excluding carboxylic acids is 2. The highest BCUT2D eigenvalue weighted by Crippen LogP contribution is 2.28. The lowest BCUT2D eigenvalue weighted by atomic mass is 10.2. The van der Waals surface area contributed by atoms with Gasteiger partial charge >= 0.3 is 5.97 Å². The fraction of sp³-hybridized carbons (Fsp3) is 0.100. The molecule has 4 aromatic rings. The van der Waals surface area contributed by atoms with Gasteiger partial charge in [-0.2, -0.15) is 5.10 Å². The Labute approximate surface area is 237 Å². The van der Waals surface area contributed by atoms with Gasteiger partial charge in [0.15, 0.2) is 11.5 Å². The summed E-state index contributed by atoms with van der Waals surface area (Å²) < 4.78 is 43.6. The number of hydrazone groups is 1. The van der Waals surface area contributed by atoms with Crippen molar-refractivity contribution in [2.24, 2.45) is 5.10 Å². The molecule has 0 radical (unpaired) electrons. The molecule has 0 aromatic heterocycles. The van der Waals surface area contributed by atoms with E-state index in [9.17, 15) is 18.0 Å². The Bertz CT molecular complexity index is 1640. The number of hydrogen-bond donors (Lipinski definition) is 2. The summed E-state index contributed by atoms with van der Waals surface area (Å²) in [6, 6.07) is 25.3. The minimum Gasteiger partial charge on any atom is -0.494 e. The van der Waals surface area contributed by atoms with Crippen LogP contribution >= 0.6 is 0 Å². The molecule has 0 unspecified atom stereocenters. The highest BCUT2D eigenvalue weighted by atomic mass is 32.2. The molecule has 0 saturated carbocycles. The first kappa shape index (κ1) is 28.8. The van der Waals surface area contributed by atoms with E-state index in [0.717, 1.165) is 0 Å². The predicted molar refractivity (Wildman–Crippen MR) is 154 cm³/mol. The van der Waals surface area contributed by atoms with Gasteiger partial charge in [0.05, 0.1) is 30.4 Å². The molecule has 11 heteroatoms. The van der Waals surface area contributed by atoms with Gasteiger partial charge in [0.1, 0.15) is 5.75 Å². The van der Waals surface area contributed by atoms with Crippen LogP contribution in [0.3, 0.4) is 0 Å². The summed E-state index contributed by atoms with van der Waals surface area (Å²) >= 11 is 0.